The van der Waals surface area contributed by atoms with E-state index in [1.807, 2.05) is 6.07 Å². The Balaban J connectivity index is 2.68. The molecule has 2 heterocycles. The molecule has 2 aromatic rings. The summed E-state index contributed by atoms with van der Waals surface area (Å²) in [4.78, 5) is 6.72. The summed E-state index contributed by atoms with van der Waals surface area (Å²) in [7, 11) is 0. The standard InChI is InChI=1S/C12H14F2N2/c1-12(2,3)8-4-5-15-11-7(8)6-9(16-11)10(13)14/h4-6,10H,1-3H3,(H,15,16). The Labute approximate surface area is 92.7 Å². The fraction of sp³-hybridized carbons (Fsp3) is 0.417. The molecular weight excluding hydrogens is 210 g/mol. The SMILES string of the molecule is CC(C)(C)c1ccnc2[nH]c(C(F)F)cc12. The van der Waals surface area contributed by atoms with Crippen molar-refractivity contribution in [3.05, 3.63) is 29.6 Å². The van der Waals surface area contributed by atoms with E-state index < -0.39 is 6.43 Å². The van der Waals surface area contributed by atoms with Crippen molar-refractivity contribution < 1.29 is 8.78 Å². The summed E-state index contributed by atoms with van der Waals surface area (Å²) in [5.74, 6) is 0. The topological polar surface area (TPSA) is 28.7 Å². The molecule has 0 saturated heterocycles. The van der Waals surface area contributed by atoms with E-state index in [0.717, 1.165) is 10.9 Å². The Kier molecular flexibility index (Phi) is 2.45. The summed E-state index contributed by atoms with van der Waals surface area (Å²) in [5, 5.41) is 0.783. The number of halogens is 2. The van der Waals surface area contributed by atoms with Crippen molar-refractivity contribution in [2.24, 2.45) is 0 Å². The molecule has 2 nitrogen and oxygen atoms in total. The molecule has 0 aromatic carbocycles. The molecule has 0 radical (unpaired) electrons. The van der Waals surface area contributed by atoms with Crippen molar-refractivity contribution in [3.8, 4) is 0 Å². The molecule has 0 spiro atoms. The molecule has 0 aliphatic rings. The number of alkyl halides is 2. The van der Waals surface area contributed by atoms with Crippen LogP contribution in [0.25, 0.3) is 11.0 Å². The van der Waals surface area contributed by atoms with E-state index in [-0.39, 0.29) is 11.1 Å². The quantitative estimate of drug-likeness (QED) is 0.784. The Morgan fingerprint density at radius 3 is 2.56 bits per heavy atom. The van der Waals surface area contributed by atoms with Gasteiger partial charge in [0, 0.05) is 11.6 Å². The number of fused-ring (bicyclic) bond motifs is 1. The molecule has 0 bridgehead atoms. The zero-order valence-electron chi connectivity index (χ0n) is 9.51. The highest BCUT2D eigenvalue weighted by Crippen LogP contribution is 2.31. The summed E-state index contributed by atoms with van der Waals surface area (Å²) in [5.41, 5.74) is 1.41. The van der Waals surface area contributed by atoms with Crippen LogP contribution < -0.4 is 0 Å². The molecule has 0 fully saturated rings. The third-order valence-corrected chi connectivity index (χ3v) is 2.60. The van der Waals surface area contributed by atoms with Gasteiger partial charge in [-0.2, -0.15) is 0 Å². The summed E-state index contributed by atoms with van der Waals surface area (Å²) in [6.07, 6.45) is -0.837. The van der Waals surface area contributed by atoms with E-state index >= 15 is 0 Å². The minimum absolute atomic E-state index is 0.0702. The lowest BCUT2D eigenvalue weighted by Gasteiger charge is -2.19. The third-order valence-electron chi connectivity index (χ3n) is 2.60. The first kappa shape index (κ1) is 11.0. The first-order chi connectivity index (χ1) is 7.39. The van der Waals surface area contributed by atoms with E-state index in [0.29, 0.717) is 5.65 Å². The Hall–Kier alpha value is -1.45. The van der Waals surface area contributed by atoms with E-state index in [9.17, 15) is 8.78 Å². The lowest BCUT2D eigenvalue weighted by molar-refractivity contribution is 0.147. The van der Waals surface area contributed by atoms with Gasteiger partial charge >= 0.3 is 0 Å². The number of pyridine rings is 1. The normalized spacial score (nSPS) is 12.6. The average molecular weight is 224 g/mol. The maximum absolute atomic E-state index is 12.6. The first-order valence-corrected chi connectivity index (χ1v) is 5.16. The fourth-order valence-electron chi connectivity index (χ4n) is 1.82. The van der Waals surface area contributed by atoms with Crippen LogP contribution in [0.5, 0.6) is 0 Å². The molecule has 0 aliphatic heterocycles. The van der Waals surface area contributed by atoms with Gasteiger partial charge in [-0.25, -0.2) is 13.8 Å². The minimum atomic E-state index is -2.48. The molecule has 0 amide bonds. The largest absolute Gasteiger partial charge is 0.338 e. The molecular formula is C12H14F2N2. The number of hydrogen-bond acceptors (Lipinski definition) is 1. The second kappa shape index (κ2) is 3.54. The van der Waals surface area contributed by atoms with Crippen LogP contribution in [0, 0.1) is 0 Å². The maximum Gasteiger partial charge on any atom is 0.278 e. The van der Waals surface area contributed by atoms with E-state index in [4.69, 9.17) is 0 Å². The van der Waals surface area contributed by atoms with Crippen LogP contribution in [-0.4, -0.2) is 9.97 Å². The van der Waals surface area contributed by atoms with Gasteiger partial charge in [-0.3, -0.25) is 0 Å². The van der Waals surface area contributed by atoms with Gasteiger partial charge < -0.3 is 4.98 Å². The molecule has 16 heavy (non-hydrogen) atoms. The molecule has 0 atom stereocenters. The number of aromatic amines is 1. The van der Waals surface area contributed by atoms with Crippen LogP contribution in [0.4, 0.5) is 8.78 Å². The van der Waals surface area contributed by atoms with Gasteiger partial charge in [-0.15, -0.1) is 0 Å². The fourth-order valence-corrected chi connectivity index (χ4v) is 1.82. The predicted molar refractivity (Wildman–Crippen MR) is 59.8 cm³/mol. The highest BCUT2D eigenvalue weighted by Gasteiger charge is 2.20. The van der Waals surface area contributed by atoms with Crippen LogP contribution in [-0.2, 0) is 5.41 Å². The van der Waals surface area contributed by atoms with E-state index in [1.165, 1.54) is 6.07 Å². The number of hydrogen-bond donors (Lipinski definition) is 1. The lowest BCUT2D eigenvalue weighted by atomic mass is 9.86. The Morgan fingerprint density at radius 1 is 1.31 bits per heavy atom. The molecule has 2 rings (SSSR count). The number of H-pyrrole nitrogens is 1. The summed E-state index contributed by atoms with van der Waals surface area (Å²) >= 11 is 0. The minimum Gasteiger partial charge on any atom is -0.338 e. The van der Waals surface area contributed by atoms with Crippen molar-refractivity contribution in [2.45, 2.75) is 32.6 Å². The van der Waals surface area contributed by atoms with Crippen molar-refractivity contribution in [1.29, 1.82) is 0 Å². The van der Waals surface area contributed by atoms with Crippen molar-refractivity contribution >= 4 is 11.0 Å². The molecule has 4 heteroatoms. The Morgan fingerprint density at radius 2 is 2.00 bits per heavy atom. The average Bonchev–Trinajstić information content (AvgIpc) is 2.58. The van der Waals surface area contributed by atoms with Gasteiger partial charge in [0.15, 0.2) is 0 Å². The van der Waals surface area contributed by atoms with Gasteiger partial charge in [0.1, 0.15) is 5.65 Å². The van der Waals surface area contributed by atoms with Crippen molar-refractivity contribution in [2.75, 3.05) is 0 Å². The molecule has 2 aromatic heterocycles. The Bertz CT molecular complexity index is 509. The van der Waals surface area contributed by atoms with Crippen molar-refractivity contribution in [1.82, 2.24) is 9.97 Å². The van der Waals surface area contributed by atoms with Gasteiger partial charge in [0.05, 0.1) is 5.69 Å². The maximum atomic E-state index is 12.6. The highest BCUT2D eigenvalue weighted by atomic mass is 19.3. The van der Waals surface area contributed by atoms with Crippen molar-refractivity contribution in [3.63, 3.8) is 0 Å². The third kappa shape index (κ3) is 1.79. The van der Waals surface area contributed by atoms with Crippen LogP contribution in [0.2, 0.25) is 0 Å². The van der Waals surface area contributed by atoms with Gasteiger partial charge in [-0.05, 0) is 23.1 Å². The number of aromatic nitrogens is 2. The van der Waals surface area contributed by atoms with Gasteiger partial charge in [-0.1, -0.05) is 20.8 Å². The number of nitrogens with one attached hydrogen (secondary N) is 1. The predicted octanol–water partition coefficient (Wildman–Crippen LogP) is 3.80. The molecule has 86 valence electrons. The van der Waals surface area contributed by atoms with Crippen LogP contribution in [0.3, 0.4) is 0 Å². The summed E-state index contributed by atoms with van der Waals surface area (Å²) < 4.78 is 25.1. The zero-order chi connectivity index (χ0) is 11.9. The second-order valence-electron chi connectivity index (χ2n) is 4.90. The monoisotopic (exact) mass is 224 g/mol. The second-order valence-corrected chi connectivity index (χ2v) is 4.90. The highest BCUT2D eigenvalue weighted by molar-refractivity contribution is 5.81. The first-order valence-electron chi connectivity index (χ1n) is 5.16. The number of nitrogens with zero attached hydrogens (tertiary/aromatic N) is 1. The smallest absolute Gasteiger partial charge is 0.278 e. The molecule has 1 N–H and O–H groups in total. The van der Waals surface area contributed by atoms with Gasteiger partial charge in [0.2, 0.25) is 0 Å². The number of rotatable bonds is 1. The van der Waals surface area contributed by atoms with Gasteiger partial charge in [0.25, 0.3) is 6.43 Å². The molecule has 0 aliphatic carbocycles. The van der Waals surface area contributed by atoms with E-state index in [1.54, 1.807) is 6.20 Å². The summed E-state index contributed by atoms with van der Waals surface area (Å²) in [6, 6.07) is 3.37. The van der Waals surface area contributed by atoms with Crippen LogP contribution >= 0.6 is 0 Å². The zero-order valence-corrected chi connectivity index (χ0v) is 9.51. The summed E-state index contributed by atoms with van der Waals surface area (Å²) in [6.45, 7) is 6.16. The lowest BCUT2D eigenvalue weighted by Crippen LogP contribution is -2.11. The van der Waals surface area contributed by atoms with E-state index in [2.05, 4.69) is 30.7 Å². The molecule has 0 saturated carbocycles. The van der Waals surface area contributed by atoms with Crippen LogP contribution in [0.1, 0.15) is 38.5 Å². The van der Waals surface area contributed by atoms with Crippen LogP contribution in [0.15, 0.2) is 18.3 Å². The molecule has 0 unspecified atom stereocenters.